The Balaban J connectivity index is 1.86. The number of nitrogens with two attached hydrogens (primary N) is 1. The first kappa shape index (κ1) is 15.2. The molecule has 4 nitrogen and oxygen atoms in total. The van der Waals surface area contributed by atoms with E-state index in [4.69, 9.17) is 15.3 Å². The fraction of sp³-hybridized carbons (Fsp3) is 1.00. The summed E-state index contributed by atoms with van der Waals surface area (Å²) in [6.45, 7) is 1.57. The summed E-state index contributed by atoms with van der Waals surface area (Å²) in [5.41, 5.74) is 2.90. The van der Waals surface area contributed by atoms with Crippen LogP contribution in [0.15, 0.2) is 0 Å². The molecule has 1 saturated heterocycles. The zero-order chi connectivity index (χ0) is 13.6. The molecule has 2 aliphatic rings. The summed E-state index contributed by atoms with van der Waals surface area (Å²) >= 11 is 0. The number of rotatable bonds is 6. The minimum Gasteiger partial charge on any atom is -0.381 e. The molecule has 2 rings (SSSR count). The Bertz CT molecular complexity index is 249. The smallest absolute Gasteiger partial charge is 0.0888 e. The van der Waals surface area contributed by atoms with E-state index < -0.39 is 0 Å². The topological polar surface area (TPSA) is 56.5 Å². The summed E-state index contributed by atoms with van der Waals surface area (Å²) in [6, 6.07) is 0.253. The Morgan fingerprint density at radius 1 is 1.26 bits per heavy atom. The Labute approximate surface area is 117 Å². The fourth-order valence-corrected chi connectivity index (χ4v) is 3.79. The monoisotopic (exact) mass is 270 g/mol. The lowest BCUT2D eigenvalue weighted by Gasteiger charge is -2.42. The average molecular weight is 270 g/mol. The summed E-state index contributed by atoms with van der Waals surface area (Å²) in [5, 5.41) is 0. The van der Waals surface area contributed by atoms with Crippen LogP contribution in [-0.2, 0) is 9.47 Å². The van der Waals surface area contributed by atoms with Crippen LogP contribution in [0.3, 0.4) is 0 Å². The van der Waals surface area contributed by atoms with Crippen molar-refractivity contribution in [2.24, 2.45) is 11.8 Å². The highest BCUT2D eigenvalue weighted by Crippen LogP contribution is 2.33. The molecule has 0 radical (unpaired) electrons. The van der Waals surface area contributed by atoms with Crippen LogP contribution in [-0.4, -0.2) is 32.0 Å². The molecule has 1 aliphatic carbocycles. The number of methoxy groups -OCH3 is 1. The first-order chi connectivity index (χ1) is 9.30. The average Bonchev–Trinajstić information content (AvgIpc) is 2.50. The van der Waals surface area contributed by atoms with Crippen LogP contribution in [0.1, 0.15) is 57.8 Å². The molecule has 0 aromatic heterocycles. The number of hydrogen-bond donors (Lipinski definition) is 2. The Morgan fingerprint density at radius 3 is 2.53 bits per heavy atom. The minimum absolute atomic E-state index is 0.123. The normalized spacial score (nSPS) is 26.2. The van der Waals surface area contributed by atoms with Crippen LogP contribution < -0.4 is 11.3 Å². The third kappa shape index (κ3) is 3.91. The van der Waals surface area contributed by atoms with E-state index in [1.165, 1.54) is 38.5 Å². The van der Waals surface area contributed by atoms with Crippen molar-refractivity contribution in [2.45, 2.75) is 69.4 Å². The van der Waals surface area contributed by atoms with E-state index in [0.29, 0.717) is 0 Å². The molecule has 0 aromatic carbocycles. The van der Waals surface area contributed by atoms with Gasteiger partial charge in [0.15, 0.2) is 0 Å². The number of nitrogens with one attached hydrogen (secondary N) is 1. The summed E-state index contributed by atoms with van der Waals surface area (Å²) < 4.78 is 11.3. The Morgan fingerprint density at radius 2 is 1.95 bits per heavy atom. The highest BCUT2D eigenvalue weighted by Gasteiger charge is 2.40. The van der Waals surface area contributed by atoms with Gasteiger partial charge in [0, 0.05) is 33.2 Å². The highest BCUT2D eigenvalue weighted by molar-refractivity contribution is 4.94. The van der Waals surface area contributed by atoms with Crippen molar-refractivity contribution in [3.8, 4) is 0 Å². The minimum atomic E-state index is -0.123. The largest absolute Gasteiger partial charge is 0.381 e. The molecule has 1 saturated carbocycles. The van der Waals surface area contributed by atoms with Gasteiger partial charge in [-0.25, -0.2) is 0 Å². The predicted molar refractivity (Wildman–Crippen MR) is 76.7 cm³/mol. The van der Waals surface area contributed by atoms with Crippen molar-refractivity contribution in [1.29, 1.82) is 0 Å². The lowest BCUT2D eigenvalue weighted by Crippen LogP contribution is -2.57. The third-order valence-corrected chi connectivity index (χ3v) is 5.17. The first-order valence-electron chi connectivity index (χ1n) is 7.90. The van der Waals surface area contributed by atoms with Gasteiger partial charge in [-0.15, -0.1) is 0 Å². The molecule has 0 spiro atoms. The fourth-order valence-electron chi connectivity index (χ4n) is 3.79. The molecule has 2 fully saturated rings. The molecule has 0 amide bonds. The van der Waals surface area contributed by atoms with Crippen LogP contribution in [0, 0.1) is 5.92 Å². The van der Waals surface area contributed by atoms with Gasteiger partial charge in [0.05, 0.1) is 11.6 Å². The third-order valence-electron chi connectivity index (χ3n) is 5.17. The van der Waals surface area contributed by atoms with Gasteiger partial charge in [0.25, 0.3) is 0 Å². The second-order valence-electron chi connectivity index (χ2n) is 6.18. The van der Waals surface area contributed by atoms with E-state index in [2.05, 4.69) is 5.43 Å². The van der Waals surface area contributed by atoms with E-state index >= 15 is 0 Å². The molecule has 0 bridgehead atoms. The van der Waals surface area contributed by atoms with Gasteiger partial charge in [-0.1, -0.05) is 32.1 Å². The van der Waals surface area contributed by atoms with Crippen molar-refractivity contribution in [2.75, 3.05) is 20.3 Å². The number of ether oxygens (including phenoxy) is 2. The van der Waals surface area contributed by atoms with Gasteiger partial charge in [-0.05, 0) is 18.8 Å². The Kier molecular flexibility index (Phi) is 6.07. The van der Waals surface area contributed by atoms with Gasteiger partial charge < -0.3 is 9.47 Å². The first-order valence-corrected chi connectivity index (χ1v) is 7.90. The van der Waals surface area contributed by atoms with Crippen LogP contribution in [0.5, 0.6) is 0 Å². The summed E-state index contributed by atoms with van der Waals surface area (Å²) in [7, 11) is 1.82. The maximum Gasteiger partial charge on any atom is 0.0888 e. The van der Waals surface area contributed by atoms with Crippen molar-refractivity contribution in [3.63, 3.8) is 0 Å². The summed E-state index contributed by atoms with van der Waals surface area (Å²) in [4.78, 5) is 0. The van der Waals surface area contributed by atoms with Crippen LogP contribution in [0.2, 0.25) is 0 Å². The maximum absolute atomic E-state index is 5.85. The summed E-state index contributed by atoms with van der Waals surface area (Å²) in [6.07, 6.45) is 11.3. The molecule has 3 N–H and O–H groups in total. The van der Waals surface area contributed by atoms with Gasteiger partial charge in [-0.3, -0.25) is 11.3 Å². The second-order valence-corrected chi connectivity index (χ2v) is 6.18. The molecular weight excluding hydrogens is 240 g/mol. The van der Waals surface area contributed by atoms with E-state index in [1.807, 2.05) is 7.11 Å². The van der Waals surface area contributed by atoms with Gasteiger partial charge in [0.1, 0.15) is 0 Å². The van der Waals surface area contributed by atoms with Gasteiger partial charge in [0.2, 0.25) is 0 Å². The zero-order valence-electron chi connectivity index (χ0n) is 12.3. The van der Waals surface area contributed by atoms with Crippen molar-refractivity contribution in [3.05, 3.63) is 0 Å². The van der Waals surface area contributed by atoms with E-state index in [-0.39, 0.29) is 11.6 Å². The lowest BCUT2D eigenvalue weighted by molar-refractivity contribution is -0.112. The lowest BCUT2D eigenvalue weighted by atomic mass is 9.80. The van der Waals surface area contributed by atoms with Crippen molar-refractivity contribution < 1.29 is 9.47 Å². The van der Waals surface area contributed by atoms with E-state index in [1.54, 1.807) is 0 Å². The molecule has 1 heterocycles. The van der Waals surface area contributed by atoms with Crippen molar-refractivity contribution in [1.82, 2.24) is 5.43 Å². The van der Waals surface area contributed by atoms with E-state index in [0.717, 1.165) is 38.4 Å². The molecular formula is C15H30N2O2. The van der Waals surface area contributed by atoms with Gasteiger partial charge >= 0.3 is 0 Å². The predicted octanol–water partition coefficient (Wildman–Crippen LogP) is 2.37. The van der Waals surface area contributed by atoms with E-state index in [9.17, 15) is 0 Å². The highest BCUT2D eigenvalue weighted by atomic mass is 16.5. The van der Waals surface area contributed by atoms with Gasteiger partial charge in [-0.2, -0.15) is 0 Å². The Hall–Kier alpha value is -0.160. The van der Waals surface area contributed by atoms with Crippen LogP contribution in [0.25, 0.3) is 0 Å². The molecule has 0 aromatic rings. The van der Waals surface area contributed by atoms with Crippen molar-refractivity contribution >= 4 is 0 Å². The second kappa shape index (κ2) is 7.58. The molecule has 1 aliphatic heterocycles. The quantitative estimate of drug-likeness (QED) is 0.575. The van der Waals surface area contributed by atoms with Crippen LogP contribution >= 0.6 is 0 Å². The maximum atomic E-state index is 5.85. The number of hydrogen-bond acceptors (Lipinski definition) is 4. The molecule has 1 atom stereocenters. The SMILES string of the molecule is COC1(C(CCC2CCCCC2)NN)CCOCC1. The molecule has 4 heteroatoms. The molecule has 19 heavy (non-hydrogen) atoms. The molecule has 1 unspecified atom stereocenters. The molecule has 112 valence electrons. The zero-order valence-corrected chi connectivity index (χ0v) is 12.3. The number of hydrazine groups is 1. The van der Waals surface area contributed by atoms with Crippen LogP contribution in [0.4, 0.5) is 0 Å². The summed E-state index contributed by atoms with van der Waals surface area (Å²) in [5.74, 6) is 6.71. The standard InChI is InChI=1S/C15H30N2O2/c1-18-15(9-11-19-12-10-15)14(17-16)8-7-13-5-3-2-4-6-13/h13-14,17H,2-12,16H2,1H3.